The van der Waals surface area contributed by atoms with Crippen molar-refractivity contribution < 1.29 is 5.11 Å². The Morgan fingerprint density at radius 3 is 2.47 bits per heavy atom. The Morgan fingerprint density at radius 2 is 1.87 bits per heavy atom. The van der Waals surface area contributed by atoms with Gasteiger partial charge < -0.3 is 15.7 Å². The molecule has 1 saturated carbocycles. The number of hydrogen-bond donors (Lipinski definition) is 3. The Labute approximate surface area is 92.6 Å². The van der Waals surface area contributed by atoms with E-state index in [1.807, 2.05) is 0 Å². The van der Waals surface area contributed by atoms with Crippen molar-refractivity contribution in [1.29, 1.82) is 0 Å². The molecule has 3 nitrogen and oxygen atoms in total. The Bertz CT molecular complexity index is 184. The van der Waals surface area contributed by atoms with E-state index in [1.54, 1.807) is 0 Å². The molecule has 2 fully saturated rings. The minimum Gasteiger partial charge on any atom is -0.396 e. The van der Waals surface area contributed by atoms with Crippen LogP contribution in [0.2, 0.25) is 0 Å². The predicted octanol–water partition coefficient (Wildman–Crippen LogP) is 0.881. The van der Waals surface area contributed by atoms with Gasteiger partial charge in [0.1, 0.15) is 0 Å². The van der Waals surface area contributed by atoms with Crippen LogP contribution in [0.1, 0.15) is 38.5 Å². The summed E-state index contributed by atoms with van der Waals surface area (Å²) in [5, 5.41) is 16.5. The predicted molar refractivity (Wildman–Crippen MR) is 61.9 cm³/mol. The van der Waals surface area contributed by atoms with Gasteiger partial charge in [0, 0.05) is 24.6 Å². The van der Waals surface area contributed by atoms with Crippen molar-refractivity contribution in [2.75, 3.05) is 26.2 Å². The largest absolute Gasteiger partial charge is 0.396 e. The molecule has 0 aromatic heterocycles. The van der Waals surface area contributed by atoms with Crippen LogP contribution in [0.25, 0.3) is 0 Å². The summed E-state index contributed by atoms with van der Waals surface area (Å²) in [5.74, 6) is 0. The van der Waals surface area contributed by atoms with Crippen LogP contribution in [0.4, 0.5) is 0 Å². The van der Waals surface area contributed by atoms with Gasteiger partial charge in [-0.15, -0.1) is 0 Å². The molecule has 1 heterocycles. The maximum atomic E-state index is 9.49. The Hall–Kier alpha value is -0.120. The van der Waals surface area contributed by atoms with E-state index in [-0.39, 0.29) is 5.41 Å². The number of aliphatic hydroxyl groups is 1. The van der Waals surface area contributed by atoms with E-state index in [9.17, 15) is 5.11 Å². The molecule has 88 valence electrons. The highest BCUT2D eigenvalue weighted by molar-refractivity contribution is 4.88. The van der Waals surface area contributed by atoms with Crippen molar-refractivity contribution in [1.82, 2.24) is 10.6 Å². The van der Waals surface area contributed by atoms with Gasteiger partial charge >= 0.3 is 0 Å². The van der Waals surface area contributed by atoms with E-state index in [0.29, 0.717) is 12.6 Å². The van der Waals surface area contributed by atoms with E-state index in [4.69, 9.17) is 0 Å². The fourth-order valence-corrected chi connectivity index (χ4v) is 2.90. The lowest BCUT2D eigenvalue weighted by Crippen LogP contribution is -2.45. The summed E-state index contributed by atoms with van der Waals surface area (Å²) in [4.78, 5) is 0. The second-order valence-corrected chi connectivity index (χ2v) is 5.27. The maximum absolute atomic E-state index is 9.49. The molecular formula is C12H24N2O. The summed E-state index contributed by atoms with van der Waals surface area (Å²) in [5.41, 5.74) is 0.213. The van der Waals surface area contributed by atoms with E-state index in [0.717, 1.165) is 19.6 Å². The zero-order chi connectivity index (χ0) is 10.6. The van der Waals surface area contributed by atoms with Crippen molar-refractivity contribution in [2.45, 2.75) is 44.6 Å². The fraction of sp³-hybridized carbons (Fsp3) is 1.00. The molecule has 0 aromatic carbocycles. The van der Waals surface area contributed by atoms with Gasteiger partial charge in [-0.3, -0.25) is 0 Å². The first-order valence-electron chi connectivity index (χ1n) is 6.40. The quantitative estimate of drug-likeness (QED) is 0.648. The van der Waals surface area contributed by atoms with E-state index < -0.39 is 0 Å². The summed E-state index contributed by atoms with van der Waals surface area (Å²) >= 11 is 0. The first-order valence-corrected chi connectivity index (χ1v) is 6.40. The van der Waals surface area contributed by atoms with Crippen LogP contribution in [0.3, 0.4) is 0 Å². The zero-order valence-corrected chi connectivity index (χ0v) is 9.60. The highest BCUT2D eigenvalue weighted by Gasteiger charge is 2.33. The second kappa shape index (κ2) is 5.28. The van der Waals surface area contributed by atoms with Gasteiger partial charge in [-0.25, -0.2) is 0 Å². The summed E-state index contributed by atoms with van der Waals surface area (Å²) in [6, 6.07) is 0.676. The lowest BCUT2D eigenvalue weighted by molar-refractivity contribution is 0.122. The van der Waals surface area contributed by atoms with Gasteiger partial charge in [0.2, 0.25) is 0 Å². The molecule has 0 unspecified atom stereocenters. The topological polar surface area (TPSA) is 44.3 Å². The molecule has 0 bridgehead atoms. The minimum atomic E-state index is 0.213. The number of nitrogens with one attached hydrogen (secondary N) is 2. The van der Waals surface area contributed by atoms with E-state index in [2.05, 4.69) is 10.6 Å². The second-order valence-electron chi connectivity index (χ2n) is 5.27. The average molecular weight is 212 g/mol. The van der Waals surface area contributed by atoms with Crippen LogP contribution in [0, 0.1) is 5.41 Å². The normalized spacial score (nSPS) is 27.0. The summed E-state index contributed by atoms with van der Waals surface area (Å²) in [6.45, 7) is 3.67. The van der Waals surface area contributed by atoms with Crippen LogP contribution in [-0.4, -0.2) is 37.4 Å². The molecular weight excluding hydrogens is 188 g/mol. The zero-order valence-electron chi connectivity index (χ0n) is 9.60. The molecule has 2 aliphatic rings. The van der Waals surface area contributed by atoms with Gasteiger partial charge in [-0.05, 0) is 38.8 Å². The first kappa shape index (κ1) is 11.4. The molecule has 0 atom stereocenters. The van der Waals surface area contributed by atoms with Crippen molar-refractivity contribution >= 4 is 0 Å². The maximum Gasteiger partial charge on any atom is 0.0499 e. The Balaban J connectivity index is 1.75. The van der Waals surface area contributed by atoms with E-state index in [1.165, 1.54) is 38.5 Å². The Morgan fingerprint density at radius 1 is 1.20 bits per heavy atom. The lowest BCUT2D eigenvalue weighted by atomic mass is 9.86. The third-order valence-corrected chi connectivity index (χ3v) is 4.10. The molecule has 0 aromatic rings. The van der Waals surface area contributed by atoms with Gasteiger partial charge in [0.15, 0.2) is 0 Å². The molecule has 2 rings (SSSR count). The smallest absolute Gasteiger partial charge is 0.0499 e. The number of rotatable bonds is 4. The molecule has 1 aliphatic heterocycles. The monoisotopic (exact) mass is 212 g/mol. The highest BCUT2D eigenvalue weighted by Crippen LogP contribution is 2.37. The molecule has 15 heavy (non-hydrogen) atoms. The van der Waals surface area contributed by atoms with Crippen LogP contribution in [-0.2, 0) is 0 Å². The number of piperidine rings is 1. The number of hydrogen-bond acceptors (Lipinski definition) is 3. The Kier molecular flexibility index (Phi) is 4.00. The van der Waals surface area contributed by atoms with Crippen molar-refractivity contribution in [3.05, 3.63) is 0 Å². The first-order chi connectivity index (χ1) is 7.35. The minimum absolute atomic E-state index is 0.213. The van der Waals surface area contributed by atoms with Crippen LogP contribution < -0.4 is 10.6 Å². The van der Waals surface area contributed by atoms with Gasteiger partial charge in [-0.1, -0.05) is 12.8 Å². The molecule has 0 spiro atoms. The van der Waals surface area contributed by atoms with Gasteiger partial charge in [0.05, 0.1) is 0 Å². The lowest BCUT2D eigenvalue weighted by Gasteiger charge is -2.31. The molecule has 1 saturated heterocycles. The van der Waals surface area contributed by atoms with Crippen LogP contribution in [0.15, 0.2) is 0 Å². The van der Waals surface area contributed by atoms with E-state index >= 15 is 0 Å². The third kappa shape index (κ3) is 2.92. The average Bonchev–Trinajstić information content (AvgIpc) is 2.77. The van der Waals surface area contributed by atoms with Gasteiger partial charge in [0.25, 0.3) is 0 Å². The van der Waals surface area contributed by atoms with Gasteiger partial charge in [-0.2, -0.15) is 0 Å². The van der Waals surface area contributed by atoms with Crippen molar-refractivity contribution in [3.8, 4) is 0 Å². The standard InChI is InChI=1S/C12H24N2O/c15-10-12(5-1-2-6-12)9-14-11-3-7-13-8-4-11/h11,13-15H,1-10H2. The molecule has 1 aliphatic carbocycles. The summed E-state index contributed by atoms with van der Waals surface area (Å²) in [7, 11) is 0. The SMILES string of the molecule is OCC1(CNC2CCNCC2)CCCC1. The van der Waals surface area contributed by atoms with Crippen LogP contribution >= 0.6 is 0 Å². The number of aliphatic hydroxyl groups excluding tert-OH is 1. The summed E-state index contributed by atoms with van der Waals surface area (Å²) < 4.78 is 0. The highest BCUT2D eigenvalue weighted by atomic mass is 16.3. The fourth-order valence-electron chi connectivity index (χ4n) is 2.90. The molecule has 3 heteroatoms. The van der Waals surface area contributed by atoms with Crippen molar-refractivity contribution in [2.24, 2.45) is 5.41 Å². The molecule has 0 amide bonds. The van der Waals surface area contributed by atoms with Crippen molar-refractivity contribution in [3.63, 3.8) is 0 Å². The van der Waals surface area contributed by atoms with Crippen LogP contribution in [0.5, 0.6) is 0 Å². The molecule has 0 radical (unpaired) electrons. The summed E-state index contributed by atoms with van der Waals surface area (Å²) in [6.07, 6.45) is 7.49. The third-order valence-electron chi connectivity index (χ3n) is 4.10. The molecule has 3 N–H and O–H groups in total.